The van der Waals surface area contributed by atoms with Gasteiger partial charge >= 0.3 is 0 Å². The fourth-order valence-corrected chi connectivity index (χ4v) is 3.10. The molecule has 1 aliphatic carbocycles. The Balaban J connectivity index is 1.64. The van der Waals surface area contributed by atoms with E-state index >= 15 is 0 Å². The van der Waals surface area contributed by atoms with Crippen molar-refractivity contribution in [1.82, 2.24) is 10.6 Å². The lowest BCUT2D eigenvalue weighted by atomic mass is 9.92. The molecule has 1 heterocycles. The van der Waals surface area contributed by atoms with Gasteiger partial charge in [0.2, 0.25) is 0 Å². The van der Waals surface area contributed by atoms with E-state index in [4.69, 9.17) is 0 Å². The molecule has 0 aromatic rings. The summed E-state index contributed by atoms with van der Waals surface area (Å²) >= 11 is 0. The summed E-state index contributed by atoms with van der Waals surface area (Å²) in [7, 11) is 0. The molecule has 0 aromatic heterocycles. The number of rotatable bonds is 4. The average molecular weight is 226 g/mol. The van der Waals surface area contributed by atoms with Crippen molar-refractivity contribution in [3.63, 3.8) is 0 Å². The van der Waals surface area contributed by atoms with Crippen molar-refractivity contribution in [2.75, 3.05) is 6.54 Å². The normalized spacial score (nSPS) is 37.5. The molecule has 2 fully saturated rings. The van der Waals surface area contributed by atoms with Gasteiger partial charge in [-0.05, 0) is 58.4 Å². The third kappa shape index (κ3) is 3.72. The molecule has 0 spiro atoms. The molecule has 2 aliphatic rings. The van der Waals surface area contributed by atoms with E-state index in [0.29, 0.717) is 12.1 Å². The van der Waals surface area contributed by atoms with Gasteiger partial charge in [-0.2, -0.15) is 0 Å². The summed E-state index contributed by atoms with van der Waals surface area (Å²) in [5.74, 6) is 0. The van der Waals surface area contributed by atoms with Gasteiger partial charge in [-0.1, -0.05) is 0 Å². The number of aliphatic hydroxyl groups is 1. The first-order valence-electron chi connectivity index (χ1n) is 6.91. The van der Waals surface area contributed by atoms with Gasteiger partial charge in [0.15, 0.2) is 0 Å². The molecule has 3 nitrogen and oxygen atoms in total. The van der Waals surface area contributed by atoms with Crippen molar-refractivity contribution in [2.45, 2.75) is 76.1 Å². The molecule has 1 aliphatic heterocycles. The van der Waals surface area contributed by atoms with Crippen LogP contribution in [0.2, 0.25) is 0 Å². The maximum Gasteiger partial charge on any atom is 0.0541 e. The standard InChI is InChI=1S/C13H26N2O/c1-10(9-12-3-2-8-14-12)15-11-4-6-13(16)7-5-11/h10-16H,2-9H2,1H3. The molecule has 3 heteroatoms. The van der Waals surface area contributed by atoms with Crippen LogP contribution < -0.4 is 10.6 Å². The quantitative estimate of drug-likeness (QED) is 0.679. The summed E-state index contributed by atoms with van der Waals surface area (Å²) in [5.41, 5.74) is 0. The Morgan fingerprint density at radius 1 is 1.25 bits per heavy atom. The lowest BCUT2D eigenvalue weighted by Gasteiger charge is -2.30. The minimum absolute atomic E-state index is 0.0372. The zero-order valence-electron chi connectivity index (χ0n) is 10.4. The van der Waals surface area contributed by atoms with E-state index in [-0.39, 0.29) is 6.10 Å². The van der Waals surface area contributed by atoms with Crippen LogP contribution in [0.1, 0.15) is 51.9 Å². The van der Waals surface area contributed by atoms with Gasteiger partial charge in [0.1, 0.15) is 0 Å². The van der Waals surface area contributed by atoms with Gasteiger partial charge in [-0.15, -0.1) is 0 Å². The largest absolute Gasteiger partial charge is 0.393 e. The van der Waals surface area contributed by atoms with Gasteiger partial charge in [0.05, 0.1) is 6.10 Å². The van der Waals surface area contributed by atoms with Crippen LogP contribution in [0, 0.1) is 0 Å². The zero-order chi connectivity index (χ0) is 11.4. The molecule has 3 N–H and O–H groups in total. The van der Waals surface area contributed by atoms with Crippen molar-refractivity contribution in [1.29, 1.82) is 0 Å². The molecule has 1 saturated carbocycles. The molecular formula is C13H26N2O. The third-order valence-corrected chi connectivity index (χ3v) is 4.02. The van der Waals surface area contributed by atoms with Crippen LogP contribution >= 0.6 is 0 Å². The summed E-state index contributed by atoms with van der Waals surface area (Å²) in [6, 6.07) is 1.98. The summed E-state index contributed by atoms with van der Waals surface area (Å²) < 4.78 is 0. The Kier molecular flexibility index (Phi) is 4.62. The first kappa shape index (κ1) is 12.3. The lowest BCUT2D eigenvalue weighted by Crippen LogP contribution is -2.42. The van der Waals surface area contributed by atoms with Crippen LogP contribution in [0.15, 0.2) is 0 Å². The second-order valence-electron chi connectivity index (χ2n) is 5.60. The van der Waals surface area contributed by atoms with Crippen LogP contribution in [0.3, 0.4) is 0 Å². The highest BCUT2D eigenvalue weighted by Gasteiger charge is 2.22. The van der Waals surface area contributed by atoms with Crippen molar-refractivity contribution >= 4 is 0 Å². The summed E-state index contributed by atoms with van der Waals surface area (Å²) in [6.45, 7) is 3.50. The number of hydrogen-bond acceptors (Lipinski definition) is 3. The Morgan fingerprint density at radius 3 is 2.62 bits per heavy atom. The monoisotopic (exact) mass is 226 g/mol. The molecule has 0 radical (unpaired) electrons. The summed E-state index contributed by atoms with van der Waals surface area (Å²) in [6.07, 6.45) is 8.14. The number of hydrogen-bond donors (Lipinski definition) is 3. The Morgan fingerprint density at radius 2 is 2.00 bits per heavy atom. The van der Waals surface area contributed by atoms with Crippen molar-refractivity contribution < 1.29 is 5.11 Å². The van der Waals surface area contributed by atoms with Gasteiger partial charge in [0, 0.05) is 18.1 Å². The van der Waals surface area contributed by atoms with Gasteiger partial charge in [-0.3, -0.25) is 0 Å². The van der Waals surface area contributed by atoms with Crippen LogP contribution in [0.25, 0.3) is 0 Å². The van der Waals surface area contributed by atoms with Gasteiger partial charge in [-0.25, -0.2) is 0 Å². The highest BCUT2D eigenvalue weighted by molar-refractivity contribution is 4.83. The van der Waals surface area contributed by atoms with Gasteiger partial charge in [0.25, 0.3) is 0 Å². The fraction of sp³-hybridized carbons (Fsp3) is 1.00. The fourth-order valence-electron chi connectivity index (χ4n) is 3.10. The molecule has 2 rings (SSSR count). The van der Waals surface area contributed by atoms with Crippen molar-refractivity contribution in [3.05, 3.63) is 0 Å². The van der Waals surface area contributed by atoms with E-state index in [2.05, 4.69) is 17.6 Å². The average Bonchev–Trinajstić information content (AvgIpc) is 2.74. The van der Waals surface area contributed by atoms with E-state index in [0.717, 1.165) is 31.7 Å². The van der Waals surface area contributed by atoms with Crippen LogP contribution in [0.4, 0.5) is 0 Å². The molecule has 1 saturated heterocycles. The highest BCUT2D eigenvalue weighted by Crippen LogP contribution is 2.19. The summed E-state index contributed by atoms with van der Waals surface area (Å²) in [5, 5.41) is 16.7. The topological polar surface area (TPSA) is 44.3 Å². The SMILES string of the molecule is CC(CC1CCCN1)NC1CCC(O)CC1. The van der Waals surface area contributed by atoms with Crippen LogP contribution in [-0.2, 0) is 0 Å². The maximum absolute atomic E-state index is 9.45. The first-order chi connectivity index (χ1) is 7.74. The second-order valence-corrected chi connectivity index (χ2v) is 5.60. The number of aliphatic hydroxyl groups excluding tert-OH is 1. The van der Waals surface area contributed by atoms with E-state index < -0.39 is 0 Å². The summed E-state index contributed by atoms with van der Waals surface area (Å²) in [4.78, 5) is 0. The molecule has 0 bridgehead atoms. The Labute approximate surface area is 99.0 Å². The Bertz CT molecular complexity index is 196. The predicted octanol–water partition coefficient (Wildman–Crippen LogP) is 1.41. The second kappa shape index (κ2) is 5.99. The zero-order valence-corrected chi connectivity index (χ0v) is 10.4. The maximum atomic E-state index is 9.45. The van der Waals surface area contributed by atoms with E-state index in [1.807, 2.05) is 0 Å². The third-order valence-electron chi connectivity index (χ3n) is 4.02. The van der Waals surface area contributed by atoms with Crippen LogP contribution in [-0.4, -0.2) is 35.9 Å². The smallest absolute Gasteiger partial charge is 0.0541 e. The van der Waals surface area contributed by atoms with Gasteiger partial charge < -0.3 is 15.7 Å². The van der Waals surface area contributed by atoms with E-state index in [1.165, 1.54) is 25.8 Å². The molecule has 2 unspecified atom stereocenters. The molecular weight excluding hydrogens is 200 g/mol. The molecule has 16 heavy (non-hydrogen) atoms. The predicted molar refractivity (Wildman–Crippen MR) is 66.5 cm³/mol. The van der Waals surface area contributed by atoms with Crippen molar-refractivity contribution in [3.8, 4) is 0 Å². The van der Waals surface area contributed by atoms with E-state index in [9.17, 15) is 5.11 Å². The molecule has 2 atom stereocenters. The number of nitrogens with one attached hydrogen (secondary N) is 2. The minimum atomic E-state index is -0.0372. The van der Waals surface area contributed by atoms with E-state index in [1.54, 1.807) is 0 Å². The first-order valence-corrected chi connectivity index (χ1v) is 6.91. The molecule has 0 aromatic carbocycles. The van der Waals surface area contributed by atoms with Crippen molar-refractivity contribution in [2.24, 2.45) is 0 Å². The molecule has 0 amide bonds. The molecule has 94 valence electrons. The minimum Gasteiger partial charge on any atom is -0.393 e. The Hall–Kier alpha value is -0.120. The lowest BCUT2D eigenvalue weighted by molar-refractivity contribution is 0.114. The highest BCUT2D eigenvalue weighted by atomic mass is 16.3. The van der Waals surface area contributed by atoms with Crippen LogP contribution in [0.5, 0.6) is 0 Å².